The Morgan fingerprint density at radius 1 is 1.04 bits per heavy atom. The van der Waals surface area contributed by atoms with Crippen LogP contribution in [-0.2, 0) is 6.42 Å². The van der Waals surface area contributed by atoms with Gasteiger partial charge < -0.3 is 0 Å². The second kappa shape index (κ2) is 5.26. The summed E-state index contributed by atoms with van der Waals surface area (Å²) < 4.78 is 2.10. The van der Waals surface area contributed by atoms with Crippen LogP contribution >= 0.6 is 0 Å². The van der Waals surface area contributed by atoms with Crippen molar-refractivity contribution >= 4 is 16.7 Å². The van der Waals surface area contributed by atoms with Crippen molar-refractivity contribution in [2.24, 2.45) is 0 Å². The minimum Gasteiger partial charge on any atom is -0.291 e. The van der Waals surface area contributed by atoms with Gasteiger partial charge in [-0.3, -0.25) is 4.40 Å². The van der Waals surface area contributed by atoms with E-state index in [1.165, 1.54) is 0 Å². The lowest BCUT2D eigenvalue weighted by atomic mass is 10.0. The zero-order valence-corrected chi connectivity index (χ0v) is 12.8. The summed E-state index contributed by atoms with van der Waals surface area (Å²) in [5, 5.41) is 9.63. The number of hydrogen-bond donors (Lipinski definition) is 0. The third kappa shape index (κ3) is 2.00. The van der Waals surface area contributed by atoms with Crippen LogP contribution in [0.1, 0.15) is 18.1 Å². The summed E-state index contributed by atoms with van der Waals surface area (Å²) in [5.74, 6) is 0. The van der Waals surface area contributed by atoms with Gasteiger partial charge in [-0.15, -0.1) is 0 Å². The Bertz CT molecular complexity index is 1050. The number of aryl methyl sites for hydroxylation is 1. The third-order valence-electron chi connectivity index (χ3n) is 4.22. The van der Waals surface area contributed by atoms with E-state index in [9.17, 15) is 5.26 Å². The Labute approximate surface area is 134 Å². The van der Waals surface area contributed by atoms with E-state index < -0.39 is 0 Å². The fraction of sp³-hybridized carbons (Fsp3) is 0.100. The van der Waals surface area contributed by atoms with Gasteiger partial charge in [-0.1, -0.05) is 49.4 Å². The van der Waals surface area contributed by atoms with Gasteiger partial charge in [0.05, 0.1) is 22.3 Å². The summed E-state index contributed by atoms with van der Waals surface area (Å²) >= 11 is 0. The summed E-state index contributed by atoms with van der Waals surface area (Å²) in [5.41, 5.74) is 6.59. The Balaban J connectivity index is 2.23. The molecule has 0 unspecified atom stereocenters. The molecule has 0 aliphatic carbocycles. The highest BCUT2D eigenvalue weighted by Crippen LogP contribution is 2.30. The van der Waals surface area contributed by atoms with E-state index in [2.05, 4.69) is 41.7 Å². The molecular formula is C20H15N3. The van der Waals surface area contributed by atoms with Crippen LogP contribution in [0.5, 0.6) is 0 Å². The number of rotatable bonds is 2. The van der Waals surface area contributed by atoms with E-state index in [0.717, 1.165) is 39.9 Å². The number of hydrogen-bond acceptors (Lipinski definition) is 2. The molecule has 3 heteroatoms. The minimum atomic E-state index is 0.670. The first-order valence-corrected chi connectivity index (χ1v) is 7.72. The molecule has 0 saturated heterocycles. The van der Waals surface area contributed by atoms with Crippen molar-refractivity contribution in [2.75, 3.05) is 0 Å². The summed E-state index contributed by atoms with van der Waals surface area (Å²) in [6.45, 7) is 2.07. The van der Waals surface area contributed by atoms with Crippen LogP contribution in [0.15, 0.2) is 60.7 Å². The van der Waals surface area contributed by atoms with Crippen molar-refractivity contribution in [3.63, 3.8) is 0 Å². The van der Waals surface area contributed by atoms with Crippen molar-refractivity contribution in [3.05, 3.63) is 71.8 Å². The number of benzene rings is 2. The summed E-state index contributed by atoms with van der Waals surface area (Å²) in [6.07, 6.45) is 0.808. The molecule has 0 saturated carbocycles. The monoisotopic (exact) mass is 297 g/mol. The van der Waals surface area contributed by atoms with Gasteiger partial charge in [0.1, 0.15) is 6.07 Å². The molecule has 2 heterocycles. The zero-order chi connectivity index (χ0) is 15.8. The molecule has 0 aliphatic heterocycles. The van der Waals surface area contributed by atoms with Crippen LogP contribution in [-0.4, -0.2) is 9.38 Å². The summed E-state index contributed by atoms with van der Waals surface area (Å²) in [6, 6.07) is 22.7. The largest absolute Gasteiger partial charge is 0.291 e. The van der Waals surface area contributed by atoms with Crippen LogP contribution in [0.2, 0.25) is 0 Å². The number of nitrogens with zero attached hydrogens (tertiary/aromatic N) is 3. The van der Waals surface area contributed by atoms with Gasteiger partial charge in [-0.05, 0) is 35.7 Å². The van der Waals surface area contributed by atoms with Crippen molar-refractivity contribution < 1.29 is 0 Å². The fourth-order valence-corrected chi connectivity index (χ4v) is 3.10. The van der Waals surface area contributed by atoms with Crippen molar-refractivity contribution in [3.8, 4) is 17.3 Å². The highest BCUT2D eigenvalue weighted by Gasteiger charge is 2.16. The van der Waals surface area contributed by atoms with Crippen LogP contribution in [0, 0.1) is 11.3 Å². The second-order valence-corrected chi connectivity index (χ2v) is 5.52. The lowest BCUT2D eigenvalue weighted by molar-refractivity contribution is 1.10. The predicted molar refractivity (Wildman–Crippen MR) is 92.2 cm³/mol. The molecule has 0 spiro atoms. The molecule has 4 aromatic rings. The molecule has 0 radical (unpaired) electrons. The Hall–Kier alpha value is -3.12. The molecule has 2 aromatic heterocycles. The highest BCUT2D eigenvalue weighted by atomic mass is 15.0. The average Bonchev–Trinajstić information content (AvgIpc) is 3.00. The molecule has 0 fully saturated rings. The lowest BCUT2D eigenvalue weighted by Gasteiger charge is -2.11. The summed E-state index contributed by atoms with van der Waals surface area (Å²) in [7, 11) is 0. The predicted octanol–water partition coefficient (Wildman–Crippen LogP) is 4.59. The Kier molecular flexibility index (Phi) is 3.09. The van der Waals surface area contributed by atoms with Gasteiger partial charge in [0.2, 0.25) is 0 Å². The number of para-hydroxylation sites is 2. The zero-order valence-electron chi connectivity index (χ0n) is 12.8. The SMILES string of the molecule is CCc1cc(-c2ccccc2)n2c(nc3ccccc32)c1C#N. The molecule has 0 amide bonds. The Morgan fingerprint density at radius 3 is 2.52 bits per heavy atom. The van der Waals surface area contributed by atoms with Crippen LogP contribution < -0.4 is 0 Å². The maximum absolute atomic E-state index is 9.63. The third-order valence-corrected chi connectivity index (χ3v) is 4.22. The second-order valence-electron chi connectivity index (χ2n) is 5.52. The molecule has 0 aliphatic rings. The van der Waals surface area contributed by atoms with Gasteiger partial charge in [0, 0.05) is 0 Å². The number of pyridine rings is 1. The van der Waals surface area contributed by atoms with Crippen molar-refractivity contribution in [1.82, 2.24) is 9.38 Å². The molecule has 0 N–H and O–H groups in total. The number of nitriles is 1. The first kappa shape index (κ1) is 13.5. The maximum Gasteiger partial charge on any atom is 0.156 e. The highest BCUT2D eigenvalue weighted by molar-refractivity contribution is 5.86. The molecule has 4 rings (SSSR count). The first-order chi connectivity index (χ1) is 11.3. The summed E-state index contributed by atoms with van der Waals surface area (Å²) in [4.78, 5) is 4.72. The molecule has 2 aromatic carbocycles. The standard InChI is InChI=1S/C20H15N3/c1-2-14-12-19(15-8-4-3-5-9-15)23-18-11-7-6-10-17(18)22-20(23)16(14)13-21/h3-12H,2H2,1H3. The van der Waals surface area contributed by atoms with Crippen molar-refractivity contribution in [2.45, 2.75) is 13.3 Å². The molecule has 110 valence electrons. The van der Waals surface area contributed by atoms with E-state index in [1.807, 2.05) is 36.4 Å². The maximum atomic E-state index is 9.63. The van der Waals surface area contributed by atoms with Crippen LogP contribution in [0.4, 0.5) is 0 Å². The van der Waals surface area contributed by atoms with Crippen molar-refractivity contribution in [1.29, 1.82) is 5.26 Å². The fourth-order valence-electron chi connectivity index (χ4n) is 3.10. The van der Waals surface area contributed by atoms with Crippen LogP contribution in [0.3, 0.4) is 0 Å². The van der Waals surface area contributed by atoms with Gasteiger partial charge in [0.15, 0.2) is 5.65 Å². The van der Waals surface area contributed by atoms with E-state index in [0.29, 0.717) is 5.56 Å². The average molecular weight is 297 g/mol. The molecular weight excluding hydrogens is 282 g/mol. The lowest BCUT2D eigenvalue weighted by Crippen LogP contribution is -1.99. The van der Waals surface area contributed by atoms with Gasteiger partial charge in [-0.2, -0.15) is 5.26 Å². The quantitative estimate of drug-likeness (QED) is 0.543. The molecule has 0 atom stereocenters. The molecule has 0 bridgehead atoms. The van der Waals surface area contributed by atoms with Gasteiger partial charge >= 0.3 is 0 Å². The normalized spacial score (nSPS) is 11.0. The smallest absolute Gasteiger partial charge is 0.156 e. The van der Waals surface area contributed by atoms with E-state index >= 15 is 0 Å². The van der Waals surface area contributed by atoms with Gasteiger partial charge in [0.25, 0.3) is 0 Å². The number of imidazole rings is 1. The first-order valence-electron chi connectivity index (χ1n) is 7.72. The molecule has 23 heavy (non-hydrogen) atoms. The Morgan fingerprint density at radius 2 is 1.78 bits per heavy atom. The van der Waals surface area contributed by atoms with Crippen LogP contribution in [0.25, 0.3) is 27.9 Å². The number of aromatic nitrogens is 2. The van der Waals surface area contributed by atoms with Gasteiger partial charge in [-0.25, -0.2) is 4.98 Å². The molecule has 3 nitrogen and oxygen atoms in total. The minimum absolute atomic E-state index is 0.670. The van der Waals surface area contributed by atoms with E-state index in [4.69, 9.17) is 4.98 Å². The number of fused-ring (bicyclic) bond motifs is 3. The van der Waals surface area contributed by atoms with E-state index in [-0.39, 0.29) is 0 Å². The van der Waals surface area contributed by atoms with E-state index in [1.54, 1.807) is 0 Å². The topological polar surface area (TPSA) is 41.1 Å².